The van der Waals surface area contributed by atoms with E-state index in [2.05, 4.69) is 20.6 Å². The minimum Gasteiger partial charge on any atom is -0.446 e. The number of primary sulfonamides is 1. The Morgan fingerprint density at radius 3 is 2.42 bits per heavy atom. The number of sulfonamides is 1. The minimum absolute atomic E-state index is 0.0410. The van der Waals surface area contributed by atoms with Crippen LogP contribution in [0.2, 0.25) is 0 Å². The Kier molecular flexibility index (Phi) is 6.80. The van der Waals surface area contributed by atoms with Crippen molar-refractivity contribution in [3.05, 3.63) is 42.2 Å². The standard InChI is InChI=1S/C21H29N5O4S/c1-4-21(2,3)26-20(27)30-17-8-5-14(11-17)15-12-23-19(24-13-15)25-16-6-9-18(10-7-16)31(22,28)29/h6-7,9-10,12-14,17H,4-5,8,11H2,1-3H3,(H,26,27)(H2,22,28,29)(H,23,24,25)/t14-,17-/m1/s1. The molecular formula is C21H29N5O4S. The second-order valence-electron chi connectivity index (χ2n) is 8.43. The van der Waals surface area contributed by atoms with Crippen molar-refractivity contribution in [1.29, 1.82) is 0 Å². The van der Waals surface area contributed by atoms with E-state index in [0.29, 0.717) is 11.6 Å². The fourth-order valence-corrected chi connectivity index (χ4v) is 3.88. The molecule has 0 spiro atoms. The predicted molar refractivity (Wildman–Crippen MR) is 117 cm³/mol. The summed E-state index contributed by atoms with van der Waals surface area (Å²) < 4.78 is 28.2. The van der Waals surface area contributed by atoms with Gasteiger partial charge in [-0.15, -0.1) is 0 Å². The van der Waals surface area contributed by atoms with Crippen LogP contribution in [0.15, 0.2) is 41.6 Å². The Labute approximate surface area is 182 Å². The summed E-state index contributed by atoms with van der Waals surface area (Å²) in [7, 11) is -3.72. The van der Waals surface area contributed by atoms with E-state index in [1.165, 1.54) is 12.1 Å². The second kappa shape index (κ2) is 9.19. The lowest BCUT2D eigenvalue weighted by atomic mass is 10.0. The SMILES string of the molecule is CCC(C)(C)NC(=O)O[C@@H]1CC[C@@H](c2cnc(Nc3ccc(S(N)(=O)=O)cc3)nc2)C1. The van der Waals surface area contributed by atoms with Crippen LogP contribution < -0.4 is 15.8 Å². The molecule has 0 aliphatic heterocycles. The predicted octanol–water partition coefficient (Wildman–Crippen LogP) is 3.42. The van der Waals surface area contributed by atoms with Crippen molar-refractivity contribution in [2.24, 2.45) is 5.14 Å². The number of carbonyl (C=O) groups excluding carboxylic acids is 1. The molecule has 9 nitrogen and oxygen atoms in total. The summed E-state index contributed by atoms with van der Waals surface area (Å²) in [6.45, 7) is 5.95. The molecule has 0 unspecified atom stereocenters. The zero-order valence-corrected chi connectivity index (χ0v) is 18.8. The number of anilines is 2. The number of amides is 1. The molecule has 1 amide bonds. The molecule has 1 fully saturated rings. The van der Waals surface area contributed by atoms with Gasteiger partial charge in [0, 0.05) is 23.6 Å². The summed E-state index contributed by atoms with van der Waals surface area (Å²) in [5, 5.41) is 11.0. The van der Waals surface area contributed by atoms with Gasteiger partial charge in [-0.1, -0.05) is 6.92 Å². The number of hydrogen-bond acceptors (Lipinski definition) is 7. The Morgan fingerprint density at radius 1 is 1.19 bits per heavy atom. The van der Waals surface area contributed by atoms with Crippen LogP contribution in [0.25, 0.3) is 0 Å². The van der Waals surface area contributed by atoms with Gasteiger partial charge in [0.05, 0.1) is 4.90 Å². The molecule has 4 N–H and O–H groups in total. The number of ether oxygens (including phenoxy) is 1. The van der Waals surface area contributed by atoms with Crippen molar-refractivity contribution in [2.75, 3.05) is 5.32 Å². The highest BCUT2D eigenvalue weighted by molar-refractivity contribution is 7.89. The smallest absolute Gasteiger partial charge is 0.407 e. The number of rotatable bonds is 7. The van der Waals surface area contributed by atoms with E-state index in [1.54, 1.807) is 24.5 Å². The maximum atomic E-state index is 12.1. The first kappa shape index (κ1) is 23.0. The Balaban J connectivity index is 1.54. The van der Waals surface area contributed by atoms with Crippen LogP contribution in [0.5, 0.6) is 0 Å². The van der Waals surface area contributed by atoms with E-state index in [4.69, 9.17) is 9.88 Å². The minimum atomic E-state index is -3.72. The van der Waals surface area contributed by atoms with Crippen LogP contribution in [0.3, 0.4) is 0 Å². The number of nitrogens with two attached hydrogens (primary N) is 1. The number of nitrogens with one attached hydrogen (secondary N) is 2. The quantitative estimate of drug-likeness (QED) is 0.591. The fourth-order valence-electron chi connectivity index (χ4n) is 3.37. The summed E-state index contributed by atoms with van der Waals surface area (Å²) in [6, 6.07) is 6.03. The van der Waals surface area contributed by atoms with Gasteiger partial charge in [0.15, 0.2) is 0 Å². The molecule has 1 aliphatic rings. The highest BCUT2D eigenvalue weighted by Gasteiger charge is 2.30. The summed E-state index contributed by atoms with van der Waals surface area (Å²) in [4.78, 5) is 20.8. The van der Waals surface area contributed by atoms with Crippen LogP contribution in [-0.4, -0.2) is 36.1 Å². The van der Waals surface area contributed by atoms with Gasteiger partial charge in [-0.3, -0.25) is 0 Å². The van der Waals surface area contributed by atoms with Gasteiger partial charge >= 0.3 is 6.09 Å². The zero-order valence-electron chi connectivity index (χ0n) is 18.0. The molecule has 1 aromatic carbocycles. The van der Waals surface area contributed by atoms with Crippen molar-refractivity contribution >= 4 is 27.8 Å². The van der Waals surface area contributed by atoms with Gasteiger partial charge in [-0.2, -0.15) is 0 Å². The molecule has 1 aliphatic carbocycles. The maximum Gasteiger partial charge on any atom is 0.407 e. The number of alkyl carbamates (subject to hydrolysis) is 1. The Morgan fingerprint density at radius 2 is 1.84 bits per heavy atom. The van der Waals surface area contributed by atoms with Gasteiger partial charge in [-0.05, 0) is 75.3 Å². The molecule has 0 radical (unpaired) electrons. The number of nitrogens with zero attached hydrogens (tertiary/aromatic N) is 2. The molecular weight excluding hydrogens is 418 g/mol. The molecule has 2 aromatic rings. The third-order valence-corrected chi connectivity index (χ3v) is 6.49. The molecule has 0 bridgehead atoms. The summed E-state index contributed by atoms with van der Waals surface area (Å²) >= 11 is 0. The van der Waals surface area contributed by atoms with Crippen LogP contribution in [0.1, 0.15) is 57.9 Å². The van der Waals surface area contributed by atoms with Gasteiger partial charge in [-0.25, -0.2) is 28.3 Å². The first-order valence-corrected chi connectivity index (χ1v) is 11.8. The molecule has 2 atom stereocenters. The van der Waals surface area contributed by atoms with E-state index >= 15 is 0 Å². The summed E-state index contributed by atoms with van der Waals surface area (Å²) in [5.74, 6) is 0.638. The van der Waals surface area contributed by atoms with Crippen LogP contribution in [0.4, 0.5) is 16.4 Å². The molecule has 1 heterocycles. The molecule has 1 aromatic heterocycles. The maximum absolute atomic E-state index is 12.1. The van der Waals surface area contributed by atoms with Crippen molar-refractivity contribution in [1.82, 2.24) is 15.3 Å². The molecule has 3 rings (SSSR count). The number of carbonyl (C=O) groups is 1. The van der Waals surface area contributed by atoms with E-state index in [9.17, 15) is 13.2 Å². The molecule has 10 heteroatoms. The summed E-state index contributed by atoms with van der Waals surface area (Å²) in [5.41, 5.74) is 1.36. The third kappa shape index (κ3) is 6.38. The van der Waals surface area contributed by atoms with Gasteiger partial charge in [0.1, 0.15) is 6.10 Å². The first-order chi connectivity index (χ1) is 14.6. The zero-order chi connectivity index (χ0) is 22.6. The highest BCUT2D eigenvalue weighted by atomic mass is 32.2. The third-order valence-electron chi connectivity index (χ3n) is 5.56. The normalized spacial score (nSPS) is 19.1. The lowest BCUT2D eigenvalue weighted by molar-refractivity contribution is 0.0922. The van der Waals surface area contributed by atoms with Crippen molar-refractivity contribution in [2.45, 2.75) is 68.9 Å². The Bertz CT molecular complexity index is 1010. The second-order valence-corrected chi connectivity index (χ2v) is 10.00. The van der Waals surface area contributed by atoms with Crippen molar-refractivity contribution in [3.63, 3.8) is 0 Å². The van der Waals surface area contributed by atoms with Crippen LogP contribution in [-0.2, 0) is 14.8 Å². The van der Waals surface area contributed by atoms with Crippen LogP contribution in [0, 0.1) is 0 Å². The molecule has 1 saturated carbocycles. The summed E-state index contributed by atoms with van der Waals surface area (Å²) in [6.07, 6.45) is 6.31. The van der Waals surface area contributed by atoms with Gasteiger partial charge < -0.3 is 15.4 Å². The largest absolute Gasteiger partial charge is 0.446 e. The van der Waals surface area contributed by atoms with Gasteiger partial charge in [0.2, 0.25) is 16.0 Å². The van der Waals surface area contributed by atoms with E-state index < -0.39 is 10.0 Å². The van der Waals surface area contributed by atoms with E-state index in [0.717, 1.165) is 31.2 Å². The molecule has 31 heavy (non-hydrogen) atoms. The van der Waals surface area contributed by atoms with E-state index in [-0.39, 0.29) is 28.5 Å². The molecule has 168 valence electrons. The monoisotopic (exact) mass is 447 g/mol. The lowest BCUT2D eigenvalue weighted by Crippen LogP contribution is -2.44. The number of benzene rings is 1. The van der Waals surface area contributed by atoms with Gasteiger partial charge in [0.25, 0.3) is 0 Å². The van der Waals surface area contributed by atoms with Crippen molar-refractivity contribution < 1.29 is 17.9 Å². The van der Waals surface area contributed by atoms with E-state index in [1.807, 2.05) is 20.8 Å². The average molecular weight is 448 g/mol. The first-order valence-electron chi connectivity index (χ1n) is 10.3. The Hall–Kier alpha value is -2.72. The highest BCUT2D eigenvalue weighted by Crippen LogP contribution is 2.35. The van der Waals surface area contributed by atoms with Crippen LogP contribution >= 0.6 is 0 Å². The molecule has 0 saturated heterocycles. The van der Waals surface area contributed by atoms with Crippen molar-refractivity contribution in [3.8, 4) is 0 Å². The average Bonchev–Trinajstić information content (AvgIpc) is 3.16. The fraction of sp³-hybridized carbons (Fsp3) is 0.476. The number of hydrogen-bond donors (Lipinski definition) is 3. The number of aromatic nitrogens is 2. The lowest BCUT2D eigenvalue weighted by Gasteiger charge is -2.25. The topological polar surface area (TPSA) is 136 Å².